The average Bonchev–Trinajstić information content (AvgIpc) is 2.65. The van der Waals surface area contributed by atoms with Crippen LogP contribution < -0.4 is 0 Å². The number of allylic oxidation sites excluding steroid dienone is 6. The number of unbranched alkanes of at least 4 members (excludes halogenated alkanes) is 2. The van der Waals surface area contributed by atoms with E-state index in [2.05, 4.69) is 53.7 Å². The first-order chi connectivity index (χ1) is 12.9. The largest absolute Gasteiger partial charge is 0.513 e. The molecular weight excluding hydrogens is 328 g/mol. The van der Waals surface area contributed by atoms with Gasteiger partial charge in [0.1, 0.15) is 0 Å². The average molecular weight is 377 g/mol. The predicted molar refractivity (Wildman–Crippen MR) is 123 cm³/mol. The molecule has 0 amide bonds. The van der Waals surface area contributed by atoms with Crippen molar-refractivity contribution in [2.45, 2.75) is 119 Å². The van der Waals surface area contributed by atoms with Crippen LogP contribution in [0.4, 0.5) is 0 Å². The molecule has 0 aliphatic heterocycles. The minimum absolute atomic E-state index is 0.581. The molecule has 2 atom stereocenters. The lowest BCUT2D eigenvalue weighted by atomic mass is 9.95. The number of hydrogen-bond donors (Lipinski definition) is 1. The molecule has 0 bridgehead atoms. The van der Waals surface area contributed by atoms with E-state index in [9.17, 15) is 5.11 Å². The third kappa shape index (κ3) is 15.7. The molecule has 0 aromatic heterocycles. The lowest BCUT2D eigenvalue weighted by molar-refractivity contribution is 0.368. The molecule has 0 radical (unpaired) electrons. The highest BCUT2D eigenvalue weighted by Crippen LogP contribution is 2.20. The number of hydrogen-bond acceptors (Lipinski definition) is 1. The molecule has 27 heavy (non-hydrogen) atoms. The highest BCUT2D eigenvalue weighted by Gasteiger charge is 2.05. The molecule has 0 rings (SSSR count). The Morgan fingerprint density at radius 1 is 0.926 bits per heavy atom. The molecule has 0 aromatic carbocycles. The van der Waals surface area contributed by atoms with Gasteiger partial charge in [-0.15, -0.1) is 0 Å². The fourth-order valence-corrected chi connectivity index (χ4v) is 3.41. The fraction of sp³-hybridized carbons (Fsp3) is 0.769. The highest BCUT2D eigenvalue weighted by atomic mass is 16.3. The predicted octanol–water partition coefficient (Wildman–Crippen LogP) is 9.31. The molecule has 158 valence electrons. The second-order valence-corrected chi connectivity index (χ2v) is 8.65. The van der Waals surface area contributed by atoms with Gasteiger partial charge in [0, 0.05) is 6.42 Å². The molecule has 0 aliphatic rings. The van der Waals surface area contributed by atoms with Crippen molar-refractivity contribution in [3.8, 4) is 0 Å². The van der Waals surface area contributed by atoms with Gasteiger partial charge in [0.2, 0.25) is 0 Å². The lowest BCUT2D eigenvalue weighted by Gasteiger charge is -2.11. The molecule has 1 heteroatoms. The maximum atomic E-state index is 10.2. The zero-order valence-electron chi connectivity index (χ0n) is 19.3. The minimum atomic E-state index is 0.581. The van der Waals surface area contributed by atoms with Crippen LogP contribution in [0.15, 0.2) is 35.1 Å². The van der Waals surface area contributed by atoms with Gasteiger partial charge in [-0.2, -0.15) is 0 Å². The van der Waals surface area contributed by atoms with Gasteiger partial charge in [-0.25, -0.2) is 0 Å². The van der Waals surface area contributed by atoms with Gasteiger partial charge in [0.25, 0.3) is 0 Å². The molecule has 2 unspecified atom stereocenters. The first kappa shape index (κ1) is 26.0. The first-order valence-corrected chi connectivity index (χ1v) is 11.6. The van der Waals surface area contributed by atoms with Crippen LogP contribution in [0.5, 0.6) is 0 Å². The summed E-state index contributed by atoms with van der Waals surface area (Å²) in [7, 11) is 0. The van der Waals surface area contributed by atoms with Crippen LogP contribution >= 0.6 is 0 Å². The summed E-state index contributed by atoms with van der Waals surface area (Å²) >= 11 is 0. The van der Waals surface area contributed by atoms with Crippen LogP contribution in [0, 0.1) is 11.8 Å². The molecular formula is C26H48O. The van der Waals surface area contributed by atoms with Crippen molar-refractivity contribution in [2.75, 3.05) is 0 Å². The van der Waals surface area contributed by atoms with E-state index in [1.165, 1.54) is 56.9 Å². The summed E-state index contributed by atoms with van der Waals surface area (Å²) in [5, 5.41) is 10.2. The molecule has 0 saturated heterocycles. The number of aliphatic hydroxyl groups is 1. The standard InChI is InChI=1S/C26H48O/c1-7-10-11-14-23(5)15-12-16-24(6)17-13-18-26(27)20-19-25(9-3)21-22(4)8-2/h9,15,20,22,24,27H,7-8,10-14,16-19,21H2,1-6H3/b23-15+,25-9-,26-20-. The third-order valence-corrected chi connectivity index (χ3v) is 5.77. The monoisotopic (exact) mass is 376 g/mol. The van der Waals surface area contributed by atoms with Crippen LogP contribution in [0.25, 0.3) is 0 Å². The van der Waals surface area contributed by atoms with Crippen molar-refractivity contribution < 1.29 is 5.11 Å². The van der Waals surface area contributed by atoms with Crippen LogP contribution in [0.1, 0.15) is 119 Å². The van der Waals surface area contributed by atoms with E-state index in [4.69, 9.17) is 0 Å². The van der Waals surface area contributed by atoms with Gasteiger partial charge in [-0.1, -0.05) is 76.7 Å². The van der Waals surface area contributed by atoms with Crippen molar-refractivity contribution >= 4 is 0 Å². The van der Waals surface area contributed by atoms with Crippen molar-refractivity contribution in [2.24, 2.45) is 11.8 Å². The van der Waals surface area contributed by atoms with E-state index < -0.39 is 0 Å². The quantitative estimate of drug-likeness (QED) is 0.162. The maximum absolute atomic E-state index is 10.2. The van der Waals surface area contributed by atoms with Gasteiger partial charge < -0.3 is 5.11 Å². The van der Waals surface area contributed by atoms with E-state index in [-0.39, 0.29) is 0 Å². The molecule has 0 fully saturated rings. The Morgan fingerprint density at radius 2 is 1.67 bits per heavy atom. The topological polar surface area (TPSA) is 20.2 Å². The third-order valence-electron chi connectivity index (χ3n) is 5.77. The summed E-state index contributed by atoms with van der Waals surface area (Å²) in [5.41, 5.74) is 3.01. The molecule has 0 aliphatic carbocycles. The number of aliphatic hydroxyl groups excluding tert-OH is 1. The maximum Gasteiger partial charge on any atom is 0.0886 e. The summed E-state index contributed by atoms with van der Waals surface area (Å²) in [6.07, 6.45) is 20.9. The van der Waals surface area contributed by atoms with Crippen LogP contribution in [-0.2, 0) is 0 Å². The van der Waals surface area contributed by atoms with Crippen LogP contribution in [-0.4, -0.2) is 5.11 Å². The van der Waals surface area contributed by atoms with Crippen molar-refractivity contribution in [3.63, 3.8) is 0 Å². The Morgan fingerprint density at radius 3 is 2.30 bits per heavy atom. The summed E-state index contributed by atoms with van der Waals surface area (Å²) in [5.74, 6) is 2.06. The SMILES string of the molecule is C/C=C(/C/C=C(\O)CCCC(C)CC/C=C(\C)CCCCC)CC(C)CC. The van der Waals surface area contributed by atoms with Gasteiger partial charge in [0.05, 0.1) is 5.76 Å². The molecule has 1 N–H and O–H groups in total. The Kier molecular flexibility index (Phi) is 16.5. The minimum Gasteiger partial charge on any atom is -0.513 e. The van der Waals surface area contributed by atoms with E-state index >= 15 is 0 Å². The first-order valence-electron chi connectivity index (χ1n) is 11.6. The summed E-state index contributed by atoms with van der Waals surface area (Å²) in [4.78, 5) is 0. The second kappa shape index (κ2) is 17.1. The van der Waals surface area contributed by atoms with Crippen LogP contribution in [0.3, 0.4) is 0 Å². The zero-order chi connectivity index (χ0) is 20.5. The molecule has 0 aromatic rings. The van der Waals surface area contributed by atoms with Crippen molar-refractivity contribution in [1.29, 1.82) is 0 Å². The van der Waals surface area contributed by atoms with Crippen LogP contribution in [0.2, 0.25) is 0 Å². The Hall–Kier alpha value is -0.980. The molecule has 0 saturated carbocycles. The van der Waals surface area contributed by atoms with E-state index in [1.54, 1.807) is 5.57 Å². The molecule has 0 heterocycles. The van der Waals surface area contributed by atoms with Crippen molar-refractivity contribution in [1.82, 2.24) is 0 Å². The Balaban J connectivity index is 3.98. The van der Waals surface area contributed by atoms with Gasteiger partial charge in [0.15, 0.2) is 0 Å². The van der Waals surface area contributed by atoms with Crippen molar-refractivity contribution in [3.05, 3.63) is 35.1 Å². The fourth-order valence-electron chi connectivity index (χ4n) is 3.41. The smallest absolute Gasteiger partial charge is 0.0886 e. The number of rotatable bonds is 16. The van der Waals surface area contributed by atoms with E-state index in [1.807, 2.05) is 6.08 Å². The zero-order valence-corrected chi connectivity index (χ0v) is 19.3. The van der Waals surface area contributed by atoms with Gasteiger partial charge in [-0.05, 0) is 76.7 Å². The second-order valence-electron chi connectivity index (χ2n) is 8.65. The lowest BCUT2D eigenvalue weighted by Crippen LogP contribution is -1.96. The van der Waals surface area contributed by atoms with Gasteiger partial charge in [-0.3, -0.25) is 0 Å². The normalized spacial score (nSPS) is 15.9. The van der Waals surface area contributed by atoms with E-state index in [0.717, 1.165) is 37.5 Å². The highest BCUT2D eigenvalue weighted by molar-refractivity contribution is 5.09. The molecule has 0 spiro atoms. The van der Waals surface area contributed by atoms with E-state index in [0.29, 0.717) is 5.76 Å². The van der Waals surface area contributed by atoms with Gasteiger partial charge >= 0.3 is 0 Å². The Labute approximate surface area is 171 Å². The molecule has 1 nitrogen and oxygen atoms in total. The summed E-state index contributed by atoms with van der Waals surface area (Å²) in [6, 6.07) is 0. The Bertz CT molecular complexity index is 441. The summed E-state index contributed by atoms with van der Waals surface area (Å²) in [6.45, 7) is 13.6. The summed E-state index contributed by atoms with van der Waals surface area (Å²) < 4.78 is 0.